The number of ether oxygens (including phenoxy) is 1. The van der Waals surface area contributed by atoms with E-state index in [2.05, 4.69) is 17.7 Å². The molecule has 0 aromatic heterocycles. The molecule has 2 rings (SSSR count). The fourth-order valence-corrected chi connectivity index (χ4v) is 1.69. The number of methoxy groups -OCH3 is 1. The molecule has 0 saturated carbocycles. The third kappa shape index (κ3) is 1.12. The molecule has 68 valence electrons. The second-order valence-corrected chi connectivity index (χ2v) is 3.26. The van der Waals surface area contributed by atoms with Crippen LogP contribution in [0.25, 0.3) is 0 Å². The normalized spacial score (nSPS) is 34.8. The highest BCUT2D eigenvalue weighted by Crippen LogP contribution is 2.26. The van der Waals surface area contributed by atoms with E-state index in [9.17, 15) is 0 Å². The minimum Gasteiger partial charge on any atom is -0.410 e. The van der Waals surface area contributed by atoms with Gasteiger partial charge in [0.2, 0.25) is 0 Å². The molecule has 2 heterocycles. The molecule has 4 nitrogen and oxygen atoms in total. The smallest absolute Gasteiger partial charge is 0.166 e. The second-order valence-electron chi connectivity index (χ2n) is 3.26. The summed E-state index contributed by atoms with van der Waals surface area (Å²) < 4.78 is 5.19. The standard InChI is InChI=1S/C8H14N2O2/c1-5-3-9-4-6-7(5)12-10-8(6)11-2/h5,8-10H,3-4H2,1-2H3. The fourth-order valence-electron chi connectivity index (χ4n) is 1.69. The lowest BCUT2D eigenvalue weighted by Crippen LogP contribution is -2.34. The second kappa shape index (κ2) is 3.05. The fraction of sp³-hybridized carbons (Fsp3) is 0.750. The summed E-state index contributed by atoms with van der Waals surface area (Å²) in [6.45, 7) is 3.99. The van der Waals surface area contributed by atoms with Gasteiger partial charge in [-0.05, 0) is 0 Å². The number of hydroxylamine groups is 1. The first-order chi connectivity index (χ1) is 5.83. The molecular formula is C8H14N2O2. The third-order valence-corrected chi connectivity index (χ3v) is 2.36. The van der Waals surface area contributed by atoms with Gasteiger partial charge in [0.05, 0.1) is 0 Å². The van der Waals surface area contributed by atoms with Crippen LogP contribution >= 0.6 is 0 Å². The first-order valence-electron chi connectivity index (χ1n) is 4.21. The Morgan fingerprint density at radius 1 is 1.58 bits per heavy atom. The van der Waals surface area contributed by atoms with Crippen LogP contribution in [-0.4, -0.2) is 26.4 Å². The zero-order valence-corrected chi connectivity index (χ0v) is 7.39. The molecule has 0 amide bonds. The molecule has 12 heavy (non-hydrogen) atoms. The third-order valence-electron chi connectivity index (χ3n) is 2.36. The van der Waals surface area contributed by atoms with E-state index in [0.717, 1.165) is 18.8 Å². The topological polar surface area (TPSA) is 42.5 Å². The van der Waals surface area contributed by atoms with Crippen LogP contribution in [0, 0.1) is 5.92 Å². The van der Waals surface area contributed by atoms with Crippen molar-refractivity contribution >= 4 is 0 Å². The predicted molar refractivity (Wildman–Crippen MR) is 44.1 cm³/mol. The van der Waals surface area contributed by atoms with E-state index in [0.29, 0.717) is 5.92 Å². The van der Waals surface area contributed by atoms with Crippen molar-refractivity contribution in [1.82, 2.24) is 10.8 Å². The van der Waals surface area contributed by atoms with Crippen molar-refractivity contribution in [2.75, 3.05) is 20.2 Å². The molecule has 0 saturated heterocycles. The van der Waals surface area contributed by atoms with Gasteiger partial charge in [-0.3, -0.25) is 0 Å². The molecule has 0 spiro atoms. The van der Waals surface area contributed by atoms with Crippen LogP contribution in [0.1, 0.15) is 6.92 Å². The maximum absolute atomic E-state index is 5.34. The van der Waals surface area contributed by atoms with Crippen LogP contribution in [0.15, 0.2) is 11.3 Å². The summed E-state index contributed by atoms with van der Waals surface area (Å²) in [7, 11) is 1.68. The Labute approximate surface area is 71.9 Å². The van der Waals surface area contributed by atoms with Gasteiger partial charge in [-0.1, -0.05) is 6.92 Å². The lowest BCUT2D eigenvalue weighted by molar-refractivity contribution is 0.000922. The minimum absolute atomic E-state index is 0.0600. The largest absolute Gasteiger partial charge is 0.410 e. The Hall–Kier alpha value is -0.580. The molecule has 4 heteroatoms. The molecular weight excluding hydrogens is 156 g/mol. The first kappa shape index (κ1) is 8.04. The molecule has 0 bridgehead atoms. The first-order valence-corrected chi connectivity index (χ1v) is 4.21. The van der Waals surface area contributed by atoms with Gasteiger partial charge in [0, 0.05) is 31.7 Å². The SMILES string of the molecule is COC1NOC2=C1CNCC2C. The average molecular weight is 170 g/mol. The molecule has 0 radical (unpaired) electrons. The van der Waals surface area contributed by atoms with Gasteiger partial charge in [-0.25, -0.2) is 0 Å². The molecule has 2 atom stereocenters. The minimum atomic E-state index is -0.0600. The van der Waals surface area contributed by atoms with Gasteiger partial charge < -0.3 is 14.9 Å². The summed E-state index contributed by atoms with van der Waals surface area (Å²) in [4.78, 5) is 5.34. The average Bonchev–Trinajstić information content (AvgIpc) is 2.49. The van der Waals surface area contributed by atoms with Crippen LogP contribution in [-0.2, 0) is 9.57 Å². The highest BCUT2D eigenvalue weighted by Gasteiger charge is 2.32. The Morgan fingerprint density at radius 3 is 3.17 bits per heavy atom. The van der Waals surface area contributed by atoms with Gasteiger partial charge in [-0.15, -0.1) is 5.48 Å². The summed E-state index contributed by atoms with van der Waals surface area (Å²) in [6, 6.07) is 0. The van der Waals surface area contributed by atoms with Gasteiger partial charge in [-0.2, -0.15) is 0 Å². The number of rotatable bonds is 1. The molecule has 2 aliphatic rings. The van der Waals surface area contributed by atoms with E-state index >= 15 is 0 Å². The van der Waals surface area contributed by atoms with E-state index < -0.39 is 0 Å². The van der Waals surface area contributed by atoms with Gasteiger partial charge in [0.25, 0.3) is 0 Å². The molecule has 2 aliphatic heterocycles. The van der Waals surface area contributed by atoms with E-state index in [1.807, 2.05) is 0 Å². The summed E-state index contributed by atoms with van der Waals surface area (Å²) in [5.74, 6) is 1.50. The maximum Gasteiger partial charge on any atom is 0.166 e. The lowest BCUT2D eigenvalue weighted by Gasteiger charge is -2.20. The zero-order chi connectivity index (χ0) is 8.55. The highest BCUT2D eigenvalue weighted by atomic mass is 16.7. The Balaban J connectivity index is 2.21. The van der Waals surface area contributed by atoms with Crippen molar-refractivity contribution in [2.45, 2.75) is 13.2 Å². The van der Waals surface area contributed by atoms with Crippen molar-refractivity contribution in [3.63, 3.8) is 0 Å². The summed E-state index contributed by atoms with van der Waals surface area (Å²) in [6.07, 6.45) is -0.0600. The van der Waals surface area contributed by atoms with Crippen LogP contribution in [0.2, 0.25) is 0 Å². The summed E-state index contributed by atoms with van der Waals surface area (Å²) in [5.41, 5.74) is 4.05. The Kier molecular flexibility index (Phi) is 2.04. The van der Waals surface area contributed by atoms with E-state index in [-0.39, 0.29) is 6.23 Å². The zero-order valence-electron chi connectivity index (χ0n) is 7.39. The Morgan fingerprint density at radius 2 is 2.42 bits per heavy atom. The number of nitrogens with one attached hydrogen (secondary N) is 2. The molecule has 2 unspecified atom stereocenters. The van der Waals surface area contributed by atoms with Gasteiger partial charge in [0.15, 0.2) is 6.23 Å². The van der Waals surface area contributed by atoms with Crippen LogP contribution in [0.3, 0.4) is 0 Å². The monoisotopic (exact) mass is 170 g/mol. The van der Waals surface area contributed by atoms with Gasteiger partial charge >= 0.3 is 0 Å². The lowest BCUT2D eigenvalue weighted by atomic mass is 10.0. The van der Waals surface area contributed by atoms with E-state index in [4.69, 9.17) is 9.57 Å². The summed E-state index contributed by atoms with van der Waals surface area (Å²) >= 11 is 0. The quantitative estimate of drug-likeness (QED) is 0.580. The molecule has 0 aromatic rings. The van der Waals surface area contributed by atoms with Crippen molar-refractivity contribution in [2.24, 2.45) is 5.92 Å². The number of hydrogen-bond acceptors (Lipinski definition) is 4. The van der Waals surface area contributed by atoms with E-state index in [1.54, 1.807) is 7.11 Å². The Bertz CT molecular complexity index is 215. The van der Waals surface area contributed by atoms with Crippen LogP contribution in [0.5, 0.6) is 0 Å². The van der Waals surface area contributed by atoms with E-state index in [1.165, 1.54) is 5.57 Å². The summed E-state index contributed by atoms with van der Waals surface area (Å²) in [5, 5.41) is 3.31. The number of hydrogen-bond donors (Lipinski definition) is 2. The van der Waals surface area contributed by atoms with Crippen LogP contribution in [0.4, 0.5) is 0 Å². The maximum atomic E-state index is 5.34. The van der Waals surface area contributed by atoms with Crippen molar-refractivity contribution in [3.05, 3.63) is 11.3 Å². The predicted octanol–water partition coefficient (Wildman–Crippen LogP) is -0.0129. The van der Waals surface area contributed by atoms with Crippen molar-refractivity contribution < 1.29 is 9.57 Å². The highest BCUT2D eigenvalue weighted by molar-refractivity contribution is 5.22. The molecule has 0 aromatic carbocycles. The molecule has 0 fully saturated rings. The van der Waals surface area contributed by atoms with Crippen molar-refractivity contribution in [1.29, 1.82) is 0 Å². The van der Waals surface area contributed by atoms with Gasteiger partial charge in [0.1, 0.15) is 5.76 Å². The van der Waals surface area contributed by atoms with Crippen LogP contribution < -0.4 is 10.8 Å². The van der Waals surface area contributed by atoms with Crippen molar-refractivity contribution in [3.8, 4) is 0 Å². The molecule has 0 aliphatic carbocycles. The molecule has 2 N–H and O–H groups in total.